The number of hydrogen-bond acceptors (Lipinski definition) is 5. The molecule has 1 heterocycles. The first-order valence-electron chi connectivity index (χ1n) is 6.60. The van der Waals surface area contributed by atoms with Crippen LogP contribution in [-0.4, -0.2) is 33.3 Å². The van der Waals surface area contributed by atoms with Crippen LogP contribution in [-0.2, 0) is 9.53 Å². The lowest BCUT2D eigenvalue weighted by atomic mass is 9.95. The summed E-state index contributed by atoms with van der Waals surface area (Å²) in [5.74, 6) is 0.561. The lowest BCUT2D eigenvalue weighted by Crippen LogP contribution is -2.45. The summed E-state index contributed by atoms with van der Waals surface area (Å²) in [4.78, 5) is 23.7. The van der Waals surface area contributed by atoms with Gasteiger partial charge in [0, 0.05) is 5.70 Å². The maximum absolute atomic E-state index is 12.0. The van der Waals surface area contributed by atoms with E-state index in [1.165, 1.54) is 21.3 Å². The number of nitrogens with one attached hydrogen (secondary N) is 2. The van der Waals surface area contributed by atoms with E-state index in [4.69, 9.17) is 14.2 Å². The second-order valence-corrected chi connectivity index (χ2v) is 4.68. The van der Waals surface area contributed by atoms with Gasteiger partial charge in [-0.1, -0.05) is 6.07 Å². The summed E-state index contributed by atoms with van der Waals surface area (Å²) in [6, 6.07) is 4.18. The predicted molar refractivity (Wildman–Crippen MR) is 78.7 cm³/mol. The zero-order chi connectivity index (χ0) is 16.3. The van der Waals surface area contributed by atoms with E-state index in [1.54, 1.807) is 25.1 Å². The minimum absolute atomic E-state index is 0.342. The zero-order valence-corrected chi connectivity index (χ0v) is 12.9. The van der Waals surface area contributed by atoms with Crippen LogP contribution in [0.5, 0.6) is 11.5 Å². The quantitative estimate of drug-likeness (QED) is 0.823. The lowest BCUT2D eigenvalue weighted by Gasteiger charge is -2.28. The first-order valence-corrected chi connectivity index (χ1v) is 6.60. The highest BCUT2D eigenvalue weighted by Crippen LogP contribution is 2.34. The van der Waals surface area contributed by atoms with Gasteiger partial charge in [0.2, 0.25) is 0 Å². The van der Waals surface area contributed by atoms with Crippen molar-refractivity contribution in [3.05, 3.63) is 35.0 Å². The molecule has 0 aliphatic carbocycles. The van der Waals surface area contributed by atoms with Crippen LogP contribution in [0.25, 0.3) is 0 Å². The Morgan fingerprint density at radius 1 is 1.14 bits per heavy atom. The van der Waals surface area contributed by atoms with Crippen molar-refractivity contribution in [2.75, 3.05) is 21.3 Å². The third-order valence-electron chi connectivity index (χ3n) is 3.42. The third kappa shape index (κ3) is 2.83. The fourth-order valence-electron chi connectivity index (χ4n) is 2.36. The van der Waals surface area contributed by atoms with Gasteiger partial charge in [0.05, 0.1) is 32.9 Å². The summed E-state index contributed by atoms with van der Waals surface area (Å²) in [5.41, 5.74) is 1.48. The molecule has 7 heteroatoms. The number of ether oxygens (including phenoxy) is 3. The SMILES string of the molecule is COC(=O)C1=C(C)NC(=O)N[C@@H]1c1ccc(OC)c(OC)c1. The number of esters is 1. The fourth-order valence-corrected chi connectivity index (χ4v) is 2.36. The predicted octanol–water partition coefficient (Wildman–Crippen LogP) is 1.50. The van der Waals surface area contributed by atoms with Crippen LogP contribution in [0.4, 0.5) is 4.79 Å². The van der Waals surface area contributed by atoms with Crippen molar-refractivity contribution in [2.24, 2.45) is 0 Å². The summed E-state index contributed by atoms with van der Waals surface area (Å²) in [5, 5.41) is 5.28. The molecule has 0 saturated carbocycles. The van der Waals surface area contributed by atoms with Crippen molar-refractivity contribution in [1.82, 2.24) is 10.6 Å². The zero-order valence-electron chi connectivity index (χ0n) is 12.9. The molecular formula is C15H18N2O5. The average molecular weight is 306 g/mol. The van der Waals surface area contributed by atoms with Crippen LogP contribution in [0.3, 0.4) is 0 Å². The van der Waals surface area contributed by atoms with E-state index < -0.39 is 12.0 Å². The molecule has 0 spiro atoms. The van der Waals surface area contributed by atoms with Crippen LogP contribution in [0.15, 0.2) is 29.5 Å². The van der Waals surface area contributed by atoms with Gasteiger partial charge in [0.25, 0.3) is 0 Å². The maximum atomic E-state index is 12.0. The monoisotopic (exact) mass is 306 g/mol. The molecule has 2 amide bonds. The molecule has 22 heavy (non-hydrogen) atoms. The van der Waals surface area contributed by atoms with Gasteiger partial charge in [0.1, 0.15) is 0 Å². The molecular weight excluding hydrogens is 288 g/mol. The van der Waals surface area contributed by atoms with Crippen molar-refractivity contribution in [3.63, 3.8) is 0 Å². The van der Waals surface area contributed by atoms with Crippen LogP contribution in [0, 0.1) is 0 Å². The molecule has 2 N–H and O–H groups in total. The molecule has 1 aliphatic rings. The molecule has 1 aromatic rings. The van der Waals surface area contributed by atoms with Crippen LogP contribution in [0.2, 0.25) is 0 Å². The molecule has 0 fully saturated rings. The number of carbonyl (C=O) groups is 2. The van der Waals surface area contributed by atoms with E-state index in [2.05, 4.69) is 10.6 Å². The first-order chi connectivity index (χ1) is 10.5. The summed E-state index contributed by atoms with van der Waals surface area (Å²) in [7, 11) is 4.35. The molecule has 0 unspecified atom stereocenters. The Balaban J connectivity index is 2.50. The summed E-state index contributed by atoms with van der Waals surface area (Å²) in [6.07, 6.45) is 0. The average Bonchev–Trinajstić information content (AvgIpc) is 2.52. The lowest BCUT2D eigenvalue weighted by molar-refractivity contribution is -0.136. The Morgan fingerprint density at radius 3 is 2.41 bits per heavy atom. The number of methoxy groups -OCH3 is 3. The smallest absolute Gasteiger partial charge is 0.337 e. The van der Waals surface area contributed by atoms with E-state index in [0.717, 1.165) is 0 Å². The molecule has 1 atom stereocenters. The highest BCUT2D eigenvalue weighted by atomic mass is 16.5. The second kappa shape index (κ2) is 6.38. The number of carbonyl (C=O) groups excluding carboxylic acids is 2. The highest BCUT2D eigenvalue weighted by molar-refractivity contribution is 5.94. The molecule has 0 saturated heterocycles. The van der Waals surface area contributed by atoms with E-state index in [-0.39, 0.29) is 6.03 Å². The van der Waals surface area contributed by atoms with E-state index in [0.29, 0.717) is 28.3 Å². The molecule has 7 nitrogen and oxygen atoms in total. The molecule has 0 bridgehead atoms. The minimum atomic E-state index is -0.624. The number of hydrogen-bond donors (Lipinski definition) is 2. The fraction of sp³-hybridized carbons (Fsp3) is 0.333. The van der Waals surface area contributed by atoms with Gasteiger partial charge in [0.15, 0.2) is 11.5 Å². The van der Waals surface area contributed by atoms with Gasteiger partial charge in [-0.05, 0) is 24.6 Å². The Kier molecular flexibility index (Phi) is 4.55. The van der Waals surface area contributed by atoms with Crippen LogP contribution >= 0.6 is 0 Å². The molecule has 0 aromatic heterocycles. The number of rotatable bonds is 4. The molecule has 0 radical (unpaired) electrons. The maximum Gasteiger partial charge on any atom is 0.337 e. The van der Waals surface area contributed by atoms with Crippen molar-refractivity contribution < 1.29 is 23.8 Å². The van der Waals surface area contributed by atoms with Crippen molar-refractivity contribution in [3.8, 4) is 11.5 Å². The summed E-state index contributed by atoms with van der Waals surface area (Å²) < 4.78 is 15.3. The number of urea groups is 1. The van der Waals surface area contributed by atoms with Crippen molar-refractivity contribution in [2.45, 2.75) is 13.0 Å². The van der Waals surface area contributed by atoms with Gasteiger partial charge < -0.3 is 24.8 Å². The largest absolute Gasteiger partial charge is 0.493 e. The van der Waals surface area contributed by atoms with Crippen molar-refractivity contribution >= 4 is 12.0 Å². The Bertz CT molecular complexity index is 639. The molecule has 1 aliphatic heterocycles. The third-order valence-corrected chi connectivity index (χ3v) is 3.42. The van der Waals surface area contributed by atoms with E-state index in [1.807, 2.05) is 0 Å². The van der Waals surface area contributed by atoms with E-state index >= 15 is 0 Å². The Hall–Kier alpha value is -2.70. The van der Waals surface area contributed by atoms with Gasteiger partial charge >= 0.3 is 12.0 Å². The van der Waals surface area contributed by atoms with Crippen molar-refractivity contribution in [1.29, 1.82) is 0 Å². The number of benzene rings is 1. The van der Waals surface area contributed by atoms with Gasteiger partial charge in [-0.2, -0.15) is 0 Å². The second-order valence-electron chi connectivity index (χ2n) is 4.68. The van der Waals surface area contributed by atoms with Gasteiger partial charge in [-0.15, -0.1) is 0 Å². The van der Waals surface area contributed by atoms with Crippen LogP contribution < -0.4 is 20.1 Å². The highest BCUT2D eigenvalue weighted by Gasteiger charge is 2.32. The number of allylic oxidation sites excluding steroid dienone is 1. The topological polar surface area (TPSA) is 85.9 Å². The standard InChI is InChI=1S/C15H18N2O5/c1-8-12(14(18)22-4)13(17-15(19)16-8)9-5-6-10(20-2)11(7-9)21-3/h5-7,13H,1-4H3,(H2,16,17,19)/t13-/m1/s1. The summed E-state index contributed by atoms with van der Waals surface area (Å²) in [6.45, 7) is 1.65. The molecule has 2 rings (SSSR count). The molecule has 1 aromatic carbocycles. The minimum Gasteiger partial charge on any atom is -0.493 e. The summed E-state index contributed by atoms with van der Waals surface area (Å²) >= 11 is 0. The van der Waals surface area contributed by atoms with E-state index in [9.17, 15) is 9.59 Å². The van der Waals surface area contributed by atoms with Gasteiger partial charge in [-0.3, -0.25) is 0 Å². The number of amides is 2. The Labute approximate surface area is 128 Å². The van der Waals surface area contributed by atoms with Crippen LogP contribution in [0.1, 0.15) is 18.5 Å². The Morgan fingerprint density at radius 2 is 1.82 bits per heavy atom. The van der Waals surface area contributed by atoms with Gasteiger partial charge in [-0.25, -0.2) is 9.59 Å². The first kappa shape index (κ1) is 15.7. The molecule has 118 valence electrons. The normalized spacial score (nSPS) is 17.5.